The molecule has 1 fully saturated rings. The maximum atomic E-state index is 12.9. The Morgan fingerprint density at radius 2 is 1.68 bits per heavy atom. The summed E-state index contributed by atoms with van der Waals surface area (Å²) in [5, 5.41) is 0. The van der Waals surface area contributed by atoms with Crippen LogP contribution in [0.15, 0.2) is 42.5 Å². The number of piperazine rings is 1. The summed E-state index contributed by atoms with van der Waals surface area (Å²) in [6, 6.07) is 11.7. The molecule has 148 valence electrons. The van der Waals surface area contributed by atoms with Crippen molar-refractivity contribution in [2.75, 3.05) is 44.2 Å². The molecule has 1 amide bonds. The van der Waals surface area contributed by atoms with Gasteiger partial charge in [0.15, 0.2) is 0 Å². The molecule has 3 heterocycles. The monoisotopic (exact) mass is 390 g/mol. The molecule has 2 aliphatic heterocycles. The number of hydrogen-bond donors (Lipinski definition) is 0. The zero-order valence-electron chi connectivity index (χ0n) is 15.3. The van der Waals surface area contributed by atoms with Crippen LogP contribution < -0.4 is 4.90 Å². The van der Waals surface area contributed by atoms with Gasteiger partial charge in [-0.15, -0.1) is 0 Å². The number of amides is 1. The average molecular weight is 390 g/mol. The molecule has 2 aliphatic rings. The number of benzene rings is 1. The number of rotatable bonds is 4. The molecule has 0 aliphatic carbocycles. The molecule has 1 aromatic carbocycles. The van der Waals surface area contributed by atoms with Crippen molar-refractivity contribution >= 4 is 11.7 Å². The molecular formula is C20H21F3N4O. The van der Waals surface area contributed by atoms with Crippen LogP contribution >= 0.6 is 0 Å². The Kier molecular flexibility index (Phi) is 4.97. The number of fused-ring (bicyclic) bond motifs is 1. The van der Waals surface area contributed by atoms with Crippen LogP contribution in [0.5, 0.6) is 0 Å². The molecule has 2 aromatic rings. The molecule has 0 atom stereocenters. The predicted octanol–water partition coefficient (Wildman–Crippen LogP) is 2.88. The Balaban J connectivity index is 1.29. The lowest BCUT2D eigenvalue weighted by Gasteiger charge is -2.36. The van der Waals surface area contributed by atoms with Crippen molar-refractivity contribution in [1.82, 2.24) is 14.8 Å². The summed E-state index contributed by atoms with van der Waals surface area (Å²) >= 11 is 0. The second-order valence-electron chi connectivity index (χ2n) is 7.09. The van der Waals surface area contributed by atoms with Gasteiger partial charge in [0.25, 0.3) is 5.91 Å². The molecule has 0 N–H and O–H groups in total. The Bertz CT molecular complexity index is 863. The second-order valence-corrected chi connectivity index (χ2v) is 7.09. The number of nitrogens with zero attached hydrogens (tertiary/aromatic N) is 4. The normalized spacial score (nSPS) is 17.9. The molecule has 4 rings (SSSR count). The molecule has 0 spiro atoms. The molecule has 5 nitrogen and oxygen atoms in total. The number of anilines is 1. The fourth-order valence-corrected chi connectivity index (χ4v) is 3.72. The van der Waals surface area contributed by atoms with E-state index in [9.17, 15) is 18.0 Å². The van der Waals surface area contributed by atoms with Gasteiger partial charge in [-0.05, 0) is 23.8 Å². The summed E-state index contributed by atoms with van der Waals surface area (Å²) in [5.41, 5.74) is 0.982. The Morgan fingerprint density at radius 1 is 0.929 bits per heavy atom. The minimum Gasteiger partial charge on any atom is -0.354 e. The minimum absolute atomic E-state index is 0.0717. The smallest absolute Gasteiger partial charge is 0.354 e. The van der Waals surface area contributed by atoms with Gasteiger partial charge < -0.3 is 9.80 Å². The standard InChI is InChI=1S/C20H21F3N4O/c21-20(22,23)17-6-3-7-18(24-17)26-11-8-25(9-12-26)10-13-27-14-15-4-1-2-5-16(15)19(27)28/h1-7H,8-14H2. The van der Waals surface area contributed by atoms with Gasteiger partial charge in [0.2, 0.25) is 0 Å². The Morgan fingerprint density at radius 3 is 2.39 bits per heavy atom. The topological polar surface area (TPSA) is 39.7 Å². The zero-order valence-corrected chi connectivity index (χ0v) is 15.3. The van der Waals surface area contributed by atoms with Crippen molar-refractivity contribution in [3.63, 3.8) is 0 Å². The highest BCUT2D eigenvalue weighted by atomic mass is 19.4. The first-order chi connectivity index (χ1) is 13.4. The lowest BCUT2D eigenvalue weighted by atomic mass is 10.1. The highest BCUT2D eigenvalue weighted by molar-refractivity contribution is 5.98. The van der Waals surface area contributed by atoms with E-state index in [1.807, 2.05) is 34.1 Å². The van der Waals surface area contributed by atoms with E-state index in [2.05, 4.69) is 9.88 Å². The Hall–Kier alpha value is -2.61. The highest BCUT2D eigenvalue weighted by Crippen LogP contribution is 2.29. The quantitative estimate of drug-likeness (QED) is 0.805. The van der Waals surface area contributed by atoms with E-state index in [0.717, 1.165) is 36.8 Å². The first kappa shape index (κ1) is 18.7. The maximum Gasteiger partial charge on any atom is 0.433 e. The molecule has 1 saturated heterocycles. The lowest BCUT2D eigenvalue weighted by molar-refractivity contribution is -0.141. The number of alkyl halides is 3. The van der Waals surface area contributed by atoms with Gasteiger partial charge in [0.1, 0.15) is 11.5 Å². The van der Waals surface area contributed by atoms with E-state index in [0.29, 0.717) is 32.0 Å². The molecule has 28 heavy (non-hydrogen) atoms. The number of pyridine rings is 1. The van der Waals surface area contributed by atoms with Gasteiger partial charge in [0, 0.05) is 51.4 Å². The third-order valence-electron chi connectivity index (χ3n) is 5.30. The summed E-state index contributed by atoms with van der Waals surface area (Å²) in [6.07, 6.45) is -4.43. The molecule has 0 bridgehead atoms. The van der Waals surface area contributed by atoms with Crippen molar-refractivity contribution in [1.29, 1.82) is 0 Å². The SMILES string of the molecule is O=C1c2ccccc2CN1CCN1CCN(c2cccc(C(F)(F)F)n2)CC1. The first-order valence-electron chi connectivity index (χ1n) is 9.30. The van der Waals surface area contributed by atoms with Crippen LogP contribution in [0.25, 0.3) is 0 Å². The van der Waals surface area contributed by atoms with Crippen molar-refractivity contribution in [3.8, 4) is 0 Å². The summed E-state index contributed by atoms with van der Waals surface area (Å²) in [7, 11) is 0. The molecule has 0 saturated carbocycles. The number of carbonyl (C=O) groups excluding carboxylic acids is 1. The van der Waals surface area contributed by atoms with Crippen molar-refractivity contribution in [3.05, 3.63) is 59.3 Å². The van der Waals surface area contributed by atoms with Crippen LogP contribution in [0, 0.1) is 0 Å². The summed E-state index contributed by atoms with van der Waals surface area (Å²) in [4.78, 5) is 22.1. The van der Waals surface area contributed by atoms with Gasteiger partial charge in [-0.1, -0.05) is 24.3 Å². The van der Waals surface area contributed by atoms with E-state index in [1.54, 1.807) is 6.07 Å². The fourth-order valence-electron chi connectivity index (χ4n) is 3.72. The number of halogens is 3. The highest BCUT2D eigenvalue weighted by Gasteiger charge is 2.33. The third-order valence-corrected chi connectivity index (χ3v) is 5.30. The summed E-state index contributed by atoms with van der Waals surface area (Å²) < 4.78 is 38.6. The van der Waals surface area contributed by atoms with Crippen molar-refractivity contribution in [2.24, 2.45) is 0 Å². The number of carbonyl (C=O) groups is 1. The Labute approximate surface area is 161 Å². The van der Waals surface area contributed by atoms with Crippen molar-refractivity contribution < 1.29 is 18.0 Å². The van der Waals surface area contributed by atoms with Crippen LogP contribution in [-0.2, 0) is 12.7 Å². The fraction of sp³-hybridized carbons (Fsp3) is 0.400. The van der Waals surface area contributed by atoms with Gasteiger partial charge in [0.05, 0.1) is 0 Å². The lowest BCUT2D eigenvalue weighted by Crippen LogP contribution is -2.48. The van der Waals surface area contributed by atoms with E-state index in [4.69, 9.17) is 0 Å². The largest absolute Gasteiger partial charge is 0.433 e. The minimum atomic E-state index is -4.43. The molecule has 0 unspecified atom stereocenters. The van der Waals surface area contributed by atoms with Gasteiger partial charge in [-0.2, -0.15) is 13.2 Å². The molecular weight excluding hydrogens is 369 g/mol. The van der Waals surface area contributed by atoms with Crippen molar-refractivity contribution in [2.45, 2.75) is 12.7 Å². The van der Waals surface area contributed by atoms with E-state index >= 15 is 0 Å². The first-order valence-corrected chi connectivity index (χ1v) is 9.30. The van der Waals surface area contributed by atoms with Crippen LogP contribution in [0.3, 0.4) is 0 Å². The zero-order chi connectivity index (χ0) is 19.7. The third kappa shape index (κ3) is 3.82. The summed E-state index contributed by atoms with van der Waals surface area (Å²) in [5.74, 6) is 0.432. The average Bonchev–Trinajstić information content (AvgIpc) is 3.02. The van der Waals surface area contributed by atoms with Gasteiger partial charge in [-0.3, -0.25) is 9.69 Å². The van der Waals surface area contributed by atoms with E-state index in [-0.39, 0.29) is 5.91 Å². The molecule has 8 heteroatoms. The predicted molar refractivity (Wildman–Crippen MR) is 99.1 cm³/mol. The van der Waals surface area contributed by atoms with Gasteiger partial charge in [-0.25, -0.2) is 4.98 Å². The van der Waals surface area contributed by atoms with Crippen LogP contribution in [0.4, 0.5) is 19.0 Å². The van der Waals surface area contributed by atoms with Gasteiger partial charge >= 0.3 is 6.18 Å². The second kappa shape index (κ2) is 7.43. The number of hydrogen-bond acceptors (Lipinski definition) is 4. The maximum absolute atomic E-state index is 12.9. The van der Waals surface area contributed by atoms with E-state index in [1.165, 1.54) is 6.07 Å². The van der Waals surface area contributed by atoms with Crippen LogP contribution in [-0.4, -0.2) is 60.0 Å². The van der Waals surface area contributed by atoms with E-state index < -0.39 is 11.9 Å². The molecule has 0 radical (unpaired) electrons. The summed E-state index contributed by atoms with van der Waals surface area (Å²) in [6.45, 7) is 4.73. The molecule has 1 aromatic heterocycles. The van der Waals surface area contributed by atoms with Crippen LogP contribution in [0.2, 0.25) is 0 Å². The van der Waals surface area contributed by atoms with Crippen LogP contribution in [0.1, 0.15) is 21.6 Å². The number of aromatic nitrogens is 1.